The average Bonchev–Trinajstić information content (AvgIpc) is 2.74. The molecule has 0 aliphatic rings. The van der Waals surface area contributed by atoms with Crippen LogP contribution in [0.25, 0.3) is 0 Å². The Kier molecular flexibility index (Phi) is 6.80. The van der Waals surface area contributed by atoms with Gasteiger partial charge >= 0.3 is 0 Å². The molecule has 0 bridgehead atoms. The molecule has 2 N–H and O–H groups in total. The van der Waals surface area contributed by atoms with Gasteiger partial charge in [0.1, 0.15) is 4.90 Å². The molecule has 1 atom stereocenters. The zero-order valence-corrected chi connectivity index (χ0v) is 18.3. The number of sulfonamides is 1. The molecule has 0 aliphatic carbocycles. The van der Waals surface area contributed by atoms with E-state index in [9.17, 15) is 13.2 Å². The second-order valence-corrected chi connectivity index (χ2v) is 9.15. The summed E-state index contributed by atoms with van der Waals surface area (Å²) in [5.41, 5.74) is 2.57. The van der Waals surface area contributed by atoms with Gasteiger partial charge < -0.3 is 5.32 Å². The molecule has 0 aliphatic heterocycles. The van der Waals surface area contributed by atoms with E-state index in [-0.39, 0.29) is 27.3 Å². The lowest BCUT2D eigenvalue weighted by molar-refractivity contribution is 0.0951. The van der Waals surface area contributed by atoms with E-state index in [2.05, 4.69) is 10.0 Å². The predicted molar refractivity (Wildman–Crippen MR) is 121 cm³/mol. The topological polar surface area (TPSA) is 75.3 Å². The van der Waals surface area contributed by atoms with Gasteiger partial charge in [0.2, 0.25) is 0 Å². The number of hydrogen-bond acceptors (Lipinski definition) is 3. The number of hydrogen-bond donors (Lipinski definition) is 2. The third kappa shape index (κ3) is 5.20. The number of benzene rings is 3. The normalized spacial score (nSPS) is 12.2. The zero-order chi connectivity index (χ0) is 21.7. The van der Waals surface area contributed by atoms with Crippen molar-refractivity contribution in [2.75, 3.05) is 11.3 Å². The first-order valence-electron chi connectivity index (χ1n) is 9.49. The van der Waals surface area contributed by atoms with Crippen molar-refractivity contribution < 1.29 is 13.2 Å². The Morgan fingerprint density at radius 1 is 1.00 bits per heavy atom. The first-order valence-corrected chi connectivity index (χ1v) is 11.3. The Bertz CT molecular complexity index is 1150. The van der Waals surface area contributed by atoms with Gasteiger partial charge in [-0.25, -0.2) is 8.42 Å². The fourth-order valence-electron chi connectivity index (χ4n) is 2.98. The monoisotopic (exact) mass is 442 g/mol. The van der Waals surface area contributed by atoms with Crippen LogP contribution in [0.5, 0.6) is 0 Å². The van der Waals surface area contributed by atoms with Crippen LogP contribution in [0.2, 0.25) is 5.02 Å². The highest BCUT2D eigenvalue weighted by atomic mass is 35.5. The van der Waals surface area contributed by atoms with E-state index < -0.39 is 10.0 Å². The number of amides is 1. The summed E-state index contributed by atoms with van der Waals surface area (Å²) in [6.07, 6.45) is 0. The first kappa shape index (κ1) is 21.9. The Balaban J connectivity index is 1.77. The molecule has 3 rings (SSSR count). The largest absolute Gasteiger partial charge is 0.351 e. The molecular weight excluding hydrogens is 420 g/mol. The highest BCUT2D eigenvalue weighted by Gasteiger charge is 2.21. The smallest absolute Gasteiger partial charge is 0.263 e. The zero-order valence-electron chi connectivity index (χ0n) is 16.7. The van der Waals surface area contributed by atoms with Gasteiger partial charge in [0.15, 0.2) is 0 Å². The van der Waals surface area contributed by atoms with E-state index in [0.29, 0.717) is 12.2 Å². The third-order valence-electron chi connectivity index (χ3n) is 4.81. The molecule has 0 aromatic heterocycles. The highest BCUT2D eigenvalue weighted by Crippen LogP contribution is 2.26. The van der Waals surface area contributed by atoms with E-state index >= 15 is 0 Å². The molecular formula is C23H23ClN2O3S. The molecule has 0 saturated heterocycles. The van der Waals surface area contributed by atoms with Crippen molar-refractivity contribution in [3.05, 3.63) is 94.5 Å². The number of rotatable bonds is 7. The van der Waals surface area contributed by atoms with Crippen molar-refractivity contribution in [1.82, 2.24) is 5.32 Å². The minimum absolute atomic E-state index is 0.0466. The molecule has 0 radical (unpaired) electrons. The van der Waals surface area contributed by atoms with Crippen LogP contribution >= 0.6 is 11.6 Å². The Labute approximate surface area is 182 Å². The van der Waals surface area contributed by atoms with E-state index in [1.165, 1.54) is 18.2 Å². The predicted octanol–water partition coefficient (Wildman–Crippen LogP) is 4.98. The lowest BCUT2D eigenvalue weighted by atomic mass is 10.0. The van der Waals surface area contributed by atoms with E-state index in [1.807, 2.05) is 43.3 Å². The standard InChI is InChI=1S/C23H23ClN2O3S/c1-16-8-6-7-11-21(16)26-30(28,29)22-14-19(12-13-20(22)24)23(27)25-15-17(2)18-9-4-3-5-10-18/h3-14,17,26H,15H2,1-2H3,(H,25,27). The summed E-state index contributed by atoms with van der Waals surface area (Å²) >= 11 is 6.15. The Morgan fingerprint density at radius 2 is 1.67 bits per heavy atom. The molecule has 5 nitrogen and oxygen atoms in total. The summed E-state index contributed by atoms with van der Waals surface area (Å²) in [5.74, 6) is -0.241. The van der Waals surface area contributed by atoms with Gasteiger partial charge in [0.25, 0.3) is 15.9 Å². The second-order valence-electron chi connectivity index (χ2n) is 7.09. The average molecular weight is 443 g/mol. The Morgan fingerprint density at radius 3 is 2.37 bits per heavy atom. The maximum absolute atomic E-state index is 12.9. The van der Waals surface area contributed by atoms with E-state index in [1.54, 1.807) is 25.1 Å². The first-order chi connectivity index (χ1) is 14.3. The highest BCUT2D eigenvalue weighted by molar-refractivity contribution is 7.92. The summed E-state index contributed by atoms with van der Waals surface area (Å²) in [5, 5.41) is 2.90. The molecule has 0 fully saturated rings. The van der Waals surface area contributed by atoms with Crippen molar-refractivity contribution in [3.63, 3.8) is 0 Å². The van der Waals surface area contributed by atoms with Crippen LogP contribution in [0.1, 0.15) is 34.3 Å². The maximum atomic E-state index is 12.9. The number of nitrogens with one attached hydrogen (secondary N) is 2. The van der Waals surface area contributed by atoms with Crippen LogP contribution in [0.15, 0.2) is 77.7 Å². The number of aryl methyl sites for hydroxylation is 1. The molecule has 0 saturated carbocycles. The minimum atomic E-state index is -3.96. The summed E-state index contributed by atoms with van der Waals surface area (Å²) in [7, 11) is -3.96. The number of para-hydroxylation sites is 1. The summed E-state index contributed by atoms with van der Waals surface area (Å²) in [4.78, 5) is 12.5. The fourth-order valence-corrected chi connectivity index (χ4v) is 4.64. The van der Waals surface area contributed by atoms with Gasteiger partial charge in [-0.15, -0.1) is 0 Å². The van der Waals surface area contributed by atoms with Crippen molar-refractivity contribution >= 4 is 33.2 Å². The molecule has 30 heavy (non-hydrogen) atoms. The van der Waals surface area contributed by atoms with Gasteiger partial charge in [0.05, 0.1) is 10.7 Å². The van der Waals surface area contributed by atoms with Crippen LogP contribution in [-0.4, -0.2) is 20.9 Å². The minimum Gasteiger partial charge on any atom is -0.351 e. The SMILES string of the molecule is Cc1ccccc1NS(=O)(=O)c1cc(C(=O)NCC(C)c2ccccc2)ccc1Cl. The lowest BCUT2D eigenvalue weighted by Gasteiger charge is -2.15. The van der Waals surface area contributed by atoms with E-state index in [4.69, 9.17) is 11.6 Å². The van der Waals surface area contributed by atoms with Gasteiger partial charge in [-0.2, -0.15) is 0 Å². The van der Waals surface area contributed by atoms with Crippen LogP contribution in [0.4, 0.5) is 5.69 Å². The molecule has 1 amide bonds. The molecule has 0 spiro atoms. The van der Waals surface area contributed by atoms with Crippen molar-refractivity contribution in [2.45, 2.75) is 24.7 Å². The van der Waals surface area contributed by atoms with Crippen molar-refractivity contribution in [3.8, 4) is 0 Å². The summed E-state index contributed by atoms with van der Waals surface area (Å²) < 4.78 is 28.3. The van der Waals surface area contributed by atoms with Crippen LogP contribution < -0.4 is 10.0 Å². The van der Waals surface area contributed by atoms with E-state index in [0.717, 1.165) is 11.1 Å². The van der Waals surface area contributed by atoms with Crippen molar-refractivity contribution in [2.24, 2.45) is 0 Å². The Hall–Kier alpha value is -2.83. The number of halogens is 1. The quantitative estimate of drug-likeness (QED) is 0.541. The summed E-state index contributed by atoms with van der Waals surface area (Å²) in [6, 6.07) is 21.1. The molecule has 156 valence electrons. The maximum Gasteiger partial charge on any atom is 0.263 e. The third-order valence-corrected chi connectivity index (χ3v) is 6.66. The van der Waals surface area contributed by atoms with Gasteiger partial charge in [-0.05, 0) is 48.2 Å². The van der Waals surface area contributed by atoms with Gasteiger partial charge in [-0.1, -0.05) is 67.1 Å². The second kappa shape index (κ2) is 9.32. The molecule has 0 heterocycles. The van der Waals surface area contributed by atoms with Crippen LogP contribution in [0, 0.1) is 6.92 Å². The molecule has 7 heteroatoms. The van der Waals surface area contributed by atoms with Crippen LogP contribution in [-0.2, 0) is 10.0 Å². The van der Waals surface area contributed by atoms with Crippen LogP contribution in [0.3, 0.4) is 0 Å². The molecule has 1 unspecified atom stereocenters. The molecule has 3 aromatic rings. The molecule has 3 aromatic carbocycles. The number of carbonyl (C=O) groups excluding carboxylic acids is 1. The summed E-state index contributed by atoms with van der Waals surface area (Å²) in [6.45, 7) is 4.24. The van der Waals surface area contributed by atoms with Gasteiger partial charge in [-0.3, -0.25) is 9.52 Å². The number of anilines is 1. The van der Waals surface area contributed by atoms with Crippen molar-refractivity contribution in [1.29, 1.82) is 0 Å². The fraction of sp³-hybridized carbons (Fsp3) is 0.174. The lowest BCUT2D eigenvalue weighted by Crippen LogP contribution is -2.27. The van der Waals surface area contributed by atoms with Gasteiger partial charge in [0, 0.05) is 12.1 Å². The number of carbonyl (C=O) groups is 1.